The first-order chi connectivity index (χ1) is 19.8. The second-order valence-corrected chi connectivity index (χ2v) is 13.1. The minimum absolute atomic E-state index is 0.0164. The fourth-order valence-corrected chi connectivity index (χ4v) is 6.83. The van der Waals surface area contributed by atoms with Crippen molar-refractivity contribution in [3.63, 3.8) is 0 Å². The average Bonchev–Trinajstić information content (AvgIpc) is 3.39. The number of fused-ring (bicyclic) bond motifs is 2. The highest BCUT2D eigenvalue weighted by Gasteiger charge is 2.66. The molecule has 2 heterocycles. The Morgan fingerprint density at radius 2 is 1.90 bits per heavy atom. The van der Waals surface area contributed by atoms with E-state index in [1.165, 1.54) is 31.4 Å². The third-order valence-electron chi connectivity index (χ3n) is 7.93. The summed E-state index contributed by atoms with van der Waals surface area (Å²) in [6.45, 7) is 6.11. The van der Waals surface area contributed by atoms with Crippen molar-refractivity contribution in [2.45, 2.75) is 50.6 Å². The molecule has 2 aliphatic rings. The second kappa shape index (κ2) is 11.0. The number of amides is 2. The number of carbonyl (C=O) groups excluding carboxylic acids is 2. The molecule has 0 aliphatic carbocycles. The Balaban J connectivity index is 1.70. The summed E-state index contributed by atoms with van der Waals surface area (Å²) in [4.78, 5) is 39.9. The van der Waals surface area contributed by atoms with Gasteiger partial charge >= 0.3 is 5.97 Å². The molecular formula is C31H30BrClFN3O5. The third-order valence-corrected chi connectivity index (χ3v) is 8.71. The summed E-state index contributed by atoms with van der Waals surface area (Å²) >= 11 is 9.73. The van der Waals surface area contributed by atoms with Gasteiger partial charge in [0.15, 0.2) is 0 Å². The number of carboxylic acid groups (broad SMARTS) is 1. The van der Waals surface area contributed by atoms with Gasteiger partial charge in [-0.25, -0.2) is 9.18 Å². The van der Waals surface area contributed by atoms with E-state index >= 15 is 4.39 Å². The molecule has 2 amide bonds. The van der Waals surface area contributed by atoms with Gasteiger partial charge in [-0.05, 0) is 59.4 Å². The zero-order valence-corrected chi connectivity index (χ0v) is 25.7. The molecule has 1 spiro atoms. The Bertz CT molecular complexity index is 1610. The fraction of sp³-hybridized carbons (Fsp3) is 0.323. The number of ether oxygens (including phenoxy) is 1. The van der Waals surface area contributed by atoms with Crippen molar-refractivity contribution in [3.8, 4) is 5.75 Å². The van der Waals surface area contributed by atoms with Crippen LogP contribution in [-0.2, 0) is 15.0 Å². The smallest absolute Gasteiger partial charge is 0.335 e. The Morgan fingerprint density at radius 3 is 2.57 bits per heavy atom. The number of hydrogen-bond acceptors (Lipinski definition) is 5. The van der Waals surface area contributed by atoms with Crippen molar-refractivity contribution in [3.05, 3.63) is 86.6 Å². The van der Waals surface area contributed by atoms with E-state index in [-0.39, 0.29) is 38.9 Å². The largest absolute Gasteiger partial charge is 0.495 e. The molecule has 3 aromatic rings. The van der Waals surface area contributed by atoms with Crippen LogP contribution < -0.4 is 20.7 Å². The lowest BCUT2D eigenvalue weighted by molar-refractivity contribution is -0.122. The lowest BCUT2D eigenvalue weighted by atomic mass is 9.62. The number of carbonyl (C=O) groups is 3. The predicted molar refractivity (Wildman–Crippen MR) is 162 cm³/mol. The Kier molecular flexibility index (Phi) is 7.85. The van der Waals surface area contributed by atoms with Crippen molar-refractivity contribution >= 4 is 56.7 Å². The summed E-state index contributed by atoms with van der Waals surface area (Å²) < 4.78 is 22.0. The normalized spacial score (nSPS) is 23.0. The highest BCUT2D eigenvalue weighted by molar-refractivity contribution is 9.10. The molecule has 2 aliphatic heterocycles. The summed E-state index contributed by atoms with van der Waals surface area (Å²) in [5.41, 5.74) is -0.0679. The number of benzene rings is 3. The van der Waals surface area contributed by atoms with Gasteiger partial charge in [-0.15, -0.1) is 0 Å². The molecule has 3 aromatic carbocycles. The number of carboxylic acids is 1. The zero-order chi connectivity index (χ0) is 30.6. The van der Waals surface area contributed by atoms with Gasteiger partial charge in [-0.2, -0.15) is 0 Å². The molecule has 1 saturated heterocycles. The van der Waals surface area contributed by atoms with E-state index in [2.05, 4.69) is 31.9 Å². The van der Waals surface area contributed by atoms with Gasteiger partial charge in [-0.3, -0.25) is 9.59 Å². The van der Waals surface area contributed by atoms with Crippen LogP contribution in [0.15, 0.2) is 59.1 Å². The van der Waals surface area contributed by atoms with Gasteiger partial charge in [-0.1, -0.05) is 66.5 Å². The Labute approximate surface area is 256 Å². The number of methoxy groups -OCH3 is 1. The number of halogens is 3. The molecule has 5 rings (SSSR count). The quantitative estimate of drug-likeness (QED) is 0.246. The van der Waals surface area contributed by atoms with Gasteiger partial charge in [0.2, 0.25) is 11.8 Å². The van der Waals surface area contributed by atoms with Crippen LogP contribution in [0.2, 0.25) is 5.02 Å². The summed E-state index contributed by atoms with van der Waals surface area (Å²) in [5.74, 6) is -3.61. The van der Waals surface area contributed by atoms with E-state index in [4.69, 9.17) is 16.3 Å². The first kappa shape index (κ1) is 30.0. The topological polar surface area (TPSA) is 117 Å². The highest BCUT2D eigenvalue weighted by atomic mass is 79.9. The van der Waals surface area contributed by atoms with Gasteiger partial charge in [0.1, 0.15) is 17.0 Å². The van der Waals surface area contributed by atoms with E-state index in [0.29, 0.717) is 17.7 Å². The number of hydrogen-bond donors (Lipinski definition) is 4. The van der Waals surface area contributed by atoms with Crippen LogP contribution in [-0.4, -0.2) is 42.1 Å². The van der Waals surface area contributed by atoms with Crippen LogP contribution >= 0.6 is 27.5 Å². The van der Waals surface area contributed by atoms with Crippen LogP contribution in [0.1, 0.15) is 54.6 Å². The van der Waals surface area contributed by atoms with E-state index in [1.807, 2.05) is 32.9 Å². The number of rotatable bonds is 6. The molecule has 0 aromatic heterocycles. The molecule has 4 N–H and O–H groups in total. The predicted octanol–water partition coefficient (Wildman–Crippen LogP) is 6.34. The minimum Gasteiger partial charge on any atom is -0.495 e. The first-order valence-electron chi connectivity index (χ1n) is 13.3. The molecule has 0 radical (unpaired) electrons. The maximum Gasteiger partial charge on any atom is 0.335 e. The van der Waals surface area contributed by atoms with Crippen molar-refractivity contribution in [1.82, 2.24) is 5.32 Å². The van der Waals surface area contributed by atoms with Crippen LogP contribution in [0.25, 0.3) is 0 Å². The molecule has 4 atom stereocenters. The van der Waals surface area contributed by atoms with Crippen LogP contribution in [0.3, 0.4) is 0 Å². The maximum absolute atomic E-state index is 15.9. The monoisotopic (exact) mass is 657 g/mol. The molecule has 0 unspecified atom stereocenters. The summed E-state index contributed by atoms with van der Waals surface area (Å²) in [5, 5.41) is 18.5. The number of anilines is 2. The van der Waals surface area contributed by atoms with Crippen molar-refractivity contribution in [2.75, 3.05) is 17.7 Å². The van der Waals surface area contributed by atoms with E-state index in [1.54, 1.807) is 18.2 Å². The third kappa shape index (κ3) is 5.05. The highest BCUT2D eigenvalue weighted by Crippen LogP contribution is 2.57. The summed E-state index contributed by atoms with van der Waals surface area (Å²) in [6, 6.07) is 12.4. The molecule has 220 valence electrons. The molecule has 0 bridgehead atoms. The lowest BCUT2D eigenvalue weighted by Gasteiger charge is -2.37. The Hall–Kier alpha value is -3.47. The SMILES string of the molecule is COc1cc(C(=O)O)ccc1NC(=O)[C@@H]1N[C@@H](CC(C)(C)C)[C@@]2(C(=O)Nc3cc(Br)ccc32)[C@H]1c1cccc(Cl)c1F. The first-order valence-corrected chi connectivity index (χ1v) is 14.5. The van der Waals surface area contributed by atoms with Crippen molar-refractivity contribution < 1.29 is 28.6 Å². The van der Waals surface area contributed by atoms with Crippen molar-refractivity contribution in [2.24, 2.45) is 5.41 Å². The number of nitrogens with one attached hydrogen (secondary N) is 3. The zero-order valence-electron chi connectivity index (χ0n) is 23.3. The standard InChI is InChI=1S/C31H30BrClFN3O5/c1-30(2,3)14-23-31(18-10-9-16(32)13-21(18)36-29(31)41)24(17-6-5-7-19(33)25(17)34)26(37-23)27(38)35-20-11-8-15(28(39)40)12-22(20)42-4/h5-13,23-24,26,37H,14H2,1-4H3,(H,35,38)(H,36,41)(H,39,40)/t23-,24-,26+,31+/m0/s1. The van der Waals surface area contributed by atoms with E-state index < -0.39 is 41.1 Å². The lowest BCUT2D eigenvalue weighted by Crippen LogP contribution is -2.49. The van der Waals surface area contributed by atoms with Crippen LogP contribution in [0, 0.1) is 11.2 Å². The van der Waals surface area contributed by atoms with Gasteiger partial charge < -0.3 is 25.8 Å². The molecular weight excluding hydrogens is 629 g/mol. The molecule has 42 heavy (non-hydrogen) atoms. The van der Waals surface area contributed by atoms with Crippen LogP contribution in [0.4, 0.5) is 15.8 Å². The van der Waals surface area contributed by atoms with Gasteiger partial charge in [0.25, 0.3) is 0 Å². The van der Waals surface area contributed by atoms with Crippen LogP contribution in [0.5, 0.6) is 5.75 Å². The molecule has 0 saturated carbocycles. The average molecular weight is 659 g/mol. The van der Waals surface area contributed by atoms with Crippen molar-refractivity contribution in [1.29, 1.82) is 0 Å². The summed E-state index contributed by atoms with van der Waals surface area (Å²) in [7, 11) is 1.36. The van der Waals surface area contributed by atoms with E-state index in [0.717, 1.165) is 4.47 Å². The molecule has 11 heteroatoms. The fourth-order valence-electron chi connectivity index (χ4n) is 6.29. The van der Waals surface area contributed by atoms with E-state index in [9.17, 15) is 19.5 Å². The Morgan fingerprint density at radius 1 is 1.17 bits per heavy atom. The summed E-state index contributed by atoms with van der Waals surface area (Å²) in [6.07, 6.45) is 0.481. The minimum atomic E-state index is -1.37. The second-order valence-electron chi connectivity index (χ2n) is 11.8. The molecule has 8 nitrogen and oxygen atoms in total. The number of aromatic carboxylic acids is 1. The van der Waals surface area contributed by atoms with Gasteiger partial charge in [0.05, 0.1) is 29.4 Å². The van der Waals surface area contributed by atoms with Gasteiger partial charge in [0, 0.05) is 22.1 Å². The molecule has 1 fully saturated rings. The maximum atomic E-state index is 15.9.